The van der Waals surface area contributed by atoms with Crippen LogP contribution in [0, 0.1) is 5.92 Å². The number of rotatable bonds is 5. The van der Waals surface area contributed by atoms with Gasteiger partial charge >= 0.3 is 0 Å². The van der Waals surface area contributed by atoms with E-state index in [-0.39, 0.29) is 5.91 Å². The highest BCUT2D eigenvalue weighted by molar-refractivity contribution is 7.99. The van der Waals surface area contributed by atoms with Gasteiger partial charge < -0.3 is 9.42 Å². The Kier molecular flexibility index (Phi) is 6.14. The number of benzene rings is 1. The van der Waals surface area contributed by atoms with Crippen molar-refractivity contribution in [2.75, 3.05) is 37.7 Å². The van der Waals surface area contributed by atoms with E-state index in [1.165, 1.54) is 24.8 Å². The highest BCUT2D eigenvalue weighted by Crippen LogP contribution is 2.23. The number of amides is 1. The van der Waals surface area contributed by atoms with Crippen LogP contribution in [-0.2, 0) is 13.0 Å². The van der Waals surface area contributed by atoms with Gasteiger partial charge in [0.1, 0.15) is 0 Å². The molecule has 2 aliphatic heterocycles. The Hall–Kier alpha value is -1.79. The van der Waals surface area contributed by atoms with Crippen LogP contribution in [0.1, 0.15) is 34.7 Å². The molecule has 0 unspecified atom stereocenters. The molecule has 27 heavy (non-hydrogen) atoms. The lowest BCUT2D eigenvalue weighted by atomic mass is 9.90. The van der Waals surface area contributed by atoms with Gasteiger partial charge in [-0.05, 0) is 43.8 Å². The Morgan fingerprint density at radius 3 is 2.59 bits per heavy atom. The second-order valence-corrected chi connectivity index (χ2v) is 8.72. The van der Waals surface area contributed by atoms with E-state index < -0.39 is 0 Å². The number of hydrogen-bond donors (Lipinski definition) is 0. The van der Waals surface area contributed by atoms with Gasteiger partial charge in [0.05, 0.1) is 6.54 Å². The maximum Gasteiger partial charge on any atom is 0.276 e. The third-order valence-corrected chi connectivity index (χ3v) is 6.47. The van der Waals surface area contributed by atoms with Gasteiger partial charge in [-0.1, -0.05) is 35.5 Å². The molecule has 2 aliphatic rings. The molecule has 2 aromatic rings. The van der Waals surface area contributed by atoms with E-state index in [1.807, 2.05) is 22.7 Å². The van der Waals surface area contributed by atoms with Crippen LogP contribution in [0.3, 0.4) is 0 Å². The zero-order valence-corrected chi connectivity index (χ0v) is 16.5. The zero-order chi connectivity index (χ0) is 18.5. The molecule has 3 heterocycles. The number of likely N-dealkylation sites (tertiary alicyclic amines) is 1. The van der Waals surface area contributed by atoms with Gasteiger partial charge in [-0.15, -0.1) is 0 Å². The van der Waals surface area contributed by atoms with E-state index in [0.29, 0.717) is 5.69 Å². The average molecular weight is 386 g/mol. The molecule has 0 radical (unpaired) electrons. The molecule has 4 rings (SSSR count). The van der Waals surface area contributed by atoms with Crippen LogP contribution >= 0.6 is 11.8 Å². The second-order valence-electron chi connectivity index (χ2n) is 7.49. The number of carbonyl (C=O) groups is 1. The van der Waals surface area contributed by atoms with Crippen molar-refractivity contribution in [3.63, 3.8) is 0 Å². The number of thioether (sulfide) groups is 1. The Labute approximate surface area is 165 Å². The van der Waals surface area contributed by atoms with E-state index in [9.17, 15) is 4.79 Å². The summed E-state index contributed by atoms with van der Waals surface area (Å²) in [5, 5.41) is 4.03. The van der Waals surface area contributed by atoms with Crippen molar-refractivity contribution >= 4 is 17.7 Å². The first-order valence-corrected chi connectivity index (χ1v) is 11.0. The molecule has 0 saturated carbocycles. The van der Waals surface area contributed by atoms with Crippen molar-refractivity contribution in [1.29, 1.82) is 0 Å². The Morgan fingerprint density at radius 1 is 1.11 bits per heavy atom. The van der Waals surface area contributed by atoms with Crippen LogP contribution in [-0.4, -0.2) is 58.5 Å². The first-order chi connectivity index (χ1) is 13.3. The normalized spacial score (nSPS) is 19.3. The summed E-state index contributed by atoms with van der Waals surface area (Å²) in [5.41, 5.74) is 1.89. The van der Waals surface area contributed by atoms with Crippen LogP contribution in [0.25, 0.3) is 0 Å². The lowest BCUT2D eigenvalue weighted by molar-refractivity contribution is 0.0761. The Bertz CT molecular complexity index is 735. The molecular weight excluding hydrogens is 358 g/mol. The summed E-state index contributed by atoms with van der Waals surface area (Å²) in [6.45, 7) is 4.51. The molecule has 0 bridgehead atoms. The standard InChI is InChI=1S/C21H27N3O2S/c25-21(24-10-12-27-13-11-24)20-15-19(26-22-20)16-23-8-6-18(7-9-23)14-17-4-2-1-3-5-17/h1-5,15,18H,6-14,16H2. The van der Waals surface area contributed by atoms with E-state index in [2.05, 4.69) is 40.4 Å². The Balaban J connectivity index is 1.26. The minimum absolute atomic E-state index is 0.00636. The molecule has 2 saturated heterocycles. The molecule has 0 aliphatic carbocycles. The number of carbonyl (C=O) groups excluding carboxylic acids is 1. The maximum atomic E-state index is 12.5. The molecule has 0 N–H and O–H groups in total. The summed E-state index contributed by atoms with van der Waals surface area (Å²) < 4.78 is 5.46. The van der Waals surface area contributed by atoms with E-state index >= 15 is 0 Å². The van der Waals surface area contributed by atoms with Gasteiger partial charge in [-0.25, -0.2) is 0 Å². The van der Waals surface area contributed by atoms with Gasteiger partial charge in [0, 0.05) is 30.7 Å². The lowest BCUT2D eigenvalue weighted by Gasteiger charge is -2.31. The lowest BCUT2D eigenvalue weighted by Crippen LogP contribution is -2.38. The number of piperidine rings is 1. The van der Waals surface area contributed by atoms with Gasteiger partial charge in [0.15, 0.2) is 11.5 Å². The smallest absolute Gasteiger partial charge is 0.276 e. The summed E-state index contributed by atoms with van der Waals surface area (Å²) in [6, 6.07) is 12.6. The van der Waals surface area contributed by atoms with Crippen LogP contribution in [0.5, 0.6) is 0 Å². The van der Waals surface area contributed by atoms with Crippen molar-refractivity contribution in [1.82, 2.24) is 15.0 Å². The zero-order valence-electron chi connectivity index (χ0n) is 15.7. The first kappa shape index (κ1) is 18.6. The van der Waals surface area contributed by atoms with Gasteiger partial charge in [-0.2, -0.15) is 11.8 Å². The first-order valence-electron chi connectivity index (χ1n) is 9.87. The summed E-state index contributed by atoms with van der Waals surface area (Å²) >= 11 is 1.90. The van der Waals surface area contributed by atoms with Crippen molar-refractivity contribution in [2.45, 2.75) is 25.8 Å². The minimum atomic E-state index is 0.00636. The van der Waals surface area contributed by atoms with Crippen molar-refractivity contribution < 1.29 is 9.32 Å². The van der Waals surface area contributed by atoms with Gasteiger partial charge in [0.25, 0.3) is 5.91 Å². The van der Waals surface area contributed by atoms with Crippen molar-refractivity contribution in [3.8, 4) is 0 Å². The van der Waals surface area contributed by atoms with Gasteiger partial charge in [0.2, 0.25) is 0 Å². The molecule has 1 aromatic heterocycles. The topological polar surface area (TPSA) is 49.6 Å². The quantitative estimate of drug-likeness (QED) is 0.790. The predicted octanol–water partition coefficient (Wildman–Crippen LogP) is 3.32. The SMILES string of the molecule is O=C(c1cc(CN2CCC(Cc3ccccc3)CC2)on1)N1CCSCC1. The number of hydrogen-bond acceptors (Lipinski definition) is 5. The van der Waals surface area contributed by atoms with Crippen molar-refractivity contribution in [2.24, 2.45) is 5.92 Å². The maximum absolute atomic E-state index is 12.5. The van der Waals surface area contributed by atoms with Crippen molar-refractivity contribution in [3.05, 3.63) is 53.4 Å². The monoisotopic (exact) mass is 385 g/mol. The number of nitrogens with zero attached hydrogens (tertiary/aromatic N) is 3. The minimum Gasteiger partial charge on any atom is -0.359 e. The molecule has 0 spiro atoms. The Morgan fingerprint density at radius 2 is 1.85 bits per heavy atom. The molecule has 1 aromatic carbocycles. The van der Waals surface area contributed by atoms with E-state index in [4.69, 9.17) is 4.52 Å². The molecule has 144 valence electrons. The number of aromatic nitrogens is 1. The molecule has 1 amide bonds. The van der Waals surface area contributed by atoms with Crippen LogP contribution in [0.4, 0.5) is 0 Å². The fourth-order valence-corrected chi connectivity index (χ4v) is 4.84. The van der Waals surface area contributed by atoms with E-state index in [1.54, 1.807) is 0 Å². The largest absolute Gasteiger partial charge is 0.359 e. The average Bonchev–Trinajstić information content (AvgIpc) is 3.19. The highest BCUT2D eigenvalue weighted by atomic mass is 32.2. The molecular formula is C21H27N3O2S. The molecule has 5 nitrogen and oxygen atoms in total. The second kappa shape index (κ2) is 8.93. The molecule has 0 atom stereocenters. The summed E-state index contributed by atoms with van der Waals surface area (Å²) in [7, 11) is 0. The third-order valence-electron chi connectivity index (χ3n) is 5.53. The predicted molar refractivity (Wildman–Crippen MR) is 108 cm³/mol. The fourth-order valence-electron chi connectivity index (χ4n) is 3.93. The van der Waals surface area contributed by atoms with E-state index in [0.717, 1.165) is 55.9 Å². The molecule has 6 heteroatoms. The fraction of sp³-hybridized carbons (Fsp3) is 0.524. The highest BCUT2D eigenvalue weighted by Gasteiger charge is 2.24. The van der Waals surface area contributed by atoms with Gasteiger partial charge in [-0.3, -0.25) is 9.69 Å². The summed E-state index contributed by atoms with van der Waals surface area (Å²) in [6.07, 6.45) is 3.59. The molecule has 2 fully saturated rings. The van der Waals surface area contributed by atoms with Crippen LogP contribution in [0.15, 0.2) is 40.9 Å². The summed E-state index contributed by atoms with van der Waals surface area (Å²) in [5.74, 6) is 3.58. The summed E-state index contributed by atoms with van der Waals surface area (Å²) in [4.78, 5) is 16.8. The van der Waals surface area contributed by atoms with Crippen LogP contribution < -0.4 is 0 Å². The third kappa shape index (κ3) is 4.93. The van der Waals surface area contributed by atoms with Crippen LogP contribution in [0.2, 0.25) is 0 Å².